The number of phenols is 1. The number of fused-ring (bicyclic) bond motifs is 4. The molecule has 0 aliphatic carbocycles. The molecule has 6 aromatic rings. The molecule has 0 spiro atoms. The van der Waals surface area contributed by atoms with Crippen molar-refractivity contribution in [3.8, 4) is 11.5 Å². The van der Waals surface area contributed by atoms with Crippen LogP contribution in [0.15, 0.2) is 132 Å². The van der Waals surface area contributed by atoms with Gasteiger partial charge in [-0.05, 0) is 102 Å². The van der Waals surface area contributed by atoms with Crippen molar-refractivity contribution in [3.05, 3.63) is 171 Å². The lowest BCUT2D eigenvalue weighted by molar-refractivity contribution is -0.0336. The highest BCUT2D eigenvalue weighted by Crippen LogP contribution is 2.32. The standard InChI is InChI=1S/C50H55N5O7/c1-54(40-16-14-34(15-17-40)29-51-30-45(57)42-18-20-44(56)49-43(42)19-21-47(58)52-49)26-27-60-32-35-10-12-36(13-11-35)33-61-41-9-5-8-39(28-41)48(38-6-3-2-4-7-38)53-50(59)62-46-31-55-24-22-37(46)23-25-55/h2-21,28,37,45-46,48,51,56-57H,22-27,29-33H2,1H3,(H,52,58)(H,53,59). The van der Waals surface area contributed by atoms with Crippen LogP contribution in [0.25, 0.3) is 10.9 Å². The highest BCUT2D eigenvalue weighted by Gasteiger charge is 2.37. The highest BCUT2D eigenvalue weighted by molar-refractivity contribution is 5.87. The van der Waals surface area contributed by atoms with Crippen LogP contribution in [0.5, 0.6) is 11.5 Å². The lowest BCUT2D eigenvalue weighted by Gasteiger charge is -2.43. The Labute approximate surface area is 362 Å². The number of carbonyl (C=O) groups is 1. The number of rotatable bonds is 18. The molecule has 2 bridgehead atoms. The van der Waals surface area contributed by atoms with Crippen LogP contribution >= 0.6 is 0 Å². The summed E-state index contributed by atoms with van der Waals surface area (Å²) in [5.41, 5.74) is 6.79. The molecule has 5 aromatic carbocycles. The van der Waals surface area contributed by atoms with Crippen molar-refractivity contribution in [2.75, 3.05) is 51.3 Å². The van der Waals surface area contributed by atoms with Crippen LogP contribution in [-0.2, 0) is 29.2 Å². The van der Waals surface area contributed by atoms with Crippen molar-refractivity contribution in [2.24, 2.45) is 5.92 Å². The number of anilines is 1. The molecule has 0 saturated carbocycles. The van der Waals surface area contributed by atoms with Gasteiger partial charge in [0, 0.05) is 50.4 Å². The van der Waals surface area contributed by atoms with Crippen molar-refractivity contribution in [3.63, 3.8) is 0 Å². The first-order valence-electron chi connectivity index (χ1n) is 21.4. The second kappa shape index (κ2) is 20.1. The number of aliphatic hydroxyl groups excluding tert-OH is 1. The van der Waals surface area contributed by atoms with Gasteiger partial charge >= 0.3 is 6.09 Å². The monoisotopic (exact) mass is 837 g/mol. The minimum atomic E-state index is -0.821. The van der Waals surface area contributed by atoms with E-state index in [9.17, 15) is 19.8 Å². The summed E-state index contributed by atoms with van der Waals surface area (Å²) in [4.78, 5) is 32.1. The molecule has 9 rings (SSSR count). The van der Waals surface area contributed by atoms with Crippen molar-refractivity contribution >= 4 is 22.7 Å². The van der Waals surface area contributed by atoms with Crippen molar-refractivity contribution < 1.29 is 29.2 Å². The summed E-state index contributed by atoms with van der Waals surface area (Å²) in [7, 11) is 2.04. The molecule has 3 unspecified atom stereocenters. The maximum atomic E-state index is 13.2. The number of aliphatic hydroxyl groups is 1. The van der Waals surface area contributed by atoms with Crippen LogP contribution in [0.3, 0.4) is 0 Å². The normalized spacial score (nSPS) is 17.9. The maximum Gasteiger partial charge on any atom is 0.408 e. The Kier molecular flexibility index (Phi) is 13.8. The van der Waals surface area contributed by atoms with Gasteiger partial charge in [0.1, 0.15) is 24.2 Å². The molecule has 3 aliphatic rings. The Balaban J connectivity index is 0.759. The molecule has 0 radical (unpaired) electrons. The topological polar surface area (TPSA) is 149 Å². The van der Waals surface area contributed by atoms with Gasteiger partial charge in [0.2, 0.25) is 5.56 Å². The Morgan fingerprint density at radius 1 is 0.855 bits per heavy atom. The number of phenolic OH excluding ortho intramolecular Hbond substituents is 1. The van der Waals surface area contributed by atoms with E-state index in [-0.39, 0.29) is 23.5 Å². The van der Waals surface area contributed by atoms with E-state index < -0.39 is 12.2 Å². The maximum absolute atomic E-state index is 13.2. The summed E-state index contributed by atoms with van der Waals surface area (Å²) in [5.74, 6) is 1.12. The molecule has 12 heteroatoms. The molecule has 3 atom stereocenters. The van der Waals surface area contributed by atoms with Gasteiger partial charge < -0.3 is 44.9 Å². The number of hydrogen-bond donors (Lipinski definition) is 5. The molecular formula is C50H55N5O7. The van der Waals surface area contributed by atoms with E-state index in [0.29, 0.717) is 55.3 Å². The highest BCUT2D eigenvalue weighted by atomic mass is 16.6. The Hall–Kier alpha value is -6.18. The van der Waals surface area contributed by atoms with Gasteiger partial charge in [-0.1, -0.05) is 84.9 Å². The van der Waals surface area contributed by atoms with Crippen LogP contribution in [0, 0.1) is 5.92 Å². The number of amides is 1. The van der Waals surface area contributed by atoms with Gasteiger partial charge in [-0.25, -0.2) is 4.79 Å². The number of benzene rings is 5. The number of aromatic nitrogens is 1. The van der Waals surface area contributed by atoms with Crippen molar-refractivity contribution in [1.29, 1.82) is 0 Å². The number of piperidine rings is 3. The summed E-state index contributed by atoms with van der Waals surface area (Å²) in [6.45, 7) is 6.06. The minimum Gasteiger partial charge on any atom is -0.506 e. The number of H-pyrrole nitrogens is 1. The predicted octanol–water partition coefficient (Wildman–Crippen LogP) is 7.20. The summed E-state index contributed by atoms with van der Waals surface area (Å²) in [6, 6.07) is 40.1. The zero-order chi connectivity index (χ0) is 42.8. The molecular weight excluding hydrogens is 783 g/mol. The smallest absolute Gasteiger partial charge is 0.408 e. The molecule has 1 amide bonds. The van der Waals surface area contributed by atoms with Crippen molar-refractivity contribution in [1.82, 2.24) is 20.5 Å². The van der Waals surface area contributed by atoms with Crippen LogP contribution in [0.4, 0.5) is 10.5 Å². The van der Waals surface area contributed by atoms with Gasteiger partial charge in [0.15, 0.2) is 0 Å². The molecule has 4 heterocycles. The number of aromatic amines is 1. The quantitative estimate of drug-likeness (QED) is 0.0564. The second-order valence-electron chi connectivity index (χ2n) is 16.3. The van der Waals surface area contributed by atoms with Crippen LogP contribution < -0.4 is 25.8 Å². The largest absolute Gasteiger partial charge is 0.506 e. The third-order valence-corrected chi connectivity index (χ3v) is 12.0. The predicted molar refractivity (Wildman–Crippen MR) is 240 cm³/mol. The first-order valence-corrected chi connectivity index (χ1v) is 21.4. The third-order valence-electron chi connectivity index (χ3n) is 12.0. The summed E-state index contributed by atoms with van der Waals surface area (Å²) in [5, 5.41) is 28.1. The van der Waals surface area contributed by atoms with E-state index in [1.165, 1.54) is 12.1 Å². The number of carbonyl (C=O) groups excluding carboxylic acids is 1. The van der Waals surface area contributed by atoms with Gasteiger partial charge in [0.05, 0.1) is 30.9 Å². The van der Waals surface area contributed by atoms with Crippen LogP contribution in [-0.4, -0.2) is 78.7 Å². The number of nitrogens with one attached hydrogen (secondary N) is 3. The van der Waals surface area contributed by atoms with E-state index in [2.05, 4.69) is 73.9 Å². The van der Waals surface area contributed by atoms with Gasteiger partial charge in [0.25, 0.3) is 0 Å². The SMILES string of the molecule is CN(CCOCc1ccc(COc2cccc(C(NC(=O)OC3CN4CCC3CC4)c3ccccc3)c2)cc1)c1ccc(CNCC(O)c2ccc(O)c3[nH]c(=O)ccc23)cc1. The Morgan fingerprint density at radius 3 is 2.32 bits per heavy atom. The average molecular weight is 838 g/mol. The number of hydrogen-bond acceptors (Lipinski definition) is 10. The van der Waals surface area contributed by atoms with E-state index in [1.54, 1.807) is 12.1 Å². The zero-order valence-electron chi connectivity index (χ0n) is 35.0. The Morgan fingerprint density at radius 2 is 1.58 bits per heavy atom. The lowest BCUT2D eigenvalue weighted by atomic mass is 9.86. The fourth-order valence-corrected chi connectivity index (χ4v) is 8.42. The van der Waals surface area contributed by atoms with Gasteiger partial charge in [-0.2, -0.15) is 0 Å². The first kappa shape index (κ1) is 42.5. The molecule has 1 aromatic heterocycles. The van der Waals surface area contributed by atoms with Gasteiger partial charge in [-0.15, -0.1) is 0 Å². The first-order chi connectivity index (χ1) is 30.3. The average Bonchev–Trinajstić information content (AvgIpc) is 3.30. The molecule has 5 N–H and O–H groups in total. The minimum absolute atomic E-state index is 0.0328. The molecule has 3 fully saturated rings. The molecule has 62 heavy (non-hydrogen) atoms. The number of nitrogens with zero attached hydrogens (tertiary/aromatic N) is 2. The van der Waals surface area contributed by atoms with Crippen molar-refractivity contribution in [2.45, 2.75) is 50.8 Å². The van der Waals surface area contributed by atoms with E-state index in [0.717, 1.165) is 78.3 Å². The van der Waals surface area contributed by atoms with Crippen LogP contribution in [0.1, 0.15) is 58.4 Å². The lowest BCUT2D eigenvalue weighted by Crippen LogP contribution is -2.52. The van der Waals surface area contributed by atoms with Gasteiger partial charge in [-0.3, -0.25) is 9.69 Å². The summed E-state index contributed by atoms with van der Waals surface area (Å²) >= 11 is 0. The zero-order valence-corrected chi connectivity index (χ0v) is 35.0. The fourth-order valence-electron chi connectivity index (χ4n) is 8.42. The molecule has 12 nitrogen and oxygen atoms in total. The van der Waals surface area contributed by atoms with E-state index in [4.69, 9.17) is 14.2 Å². The second-order valence-corrected chi connectivity index (χ2v) is 16.3. The summed E-state index contributed by atoms with van der Waals surface area (Å²) < 4.78 is 18.3. The number of aromatic hydroxyl groups is 1. The third kappa shape index (κ3) is 10.8. The molecule has 3 aliphatic heterocycles. The molecule has 322 valence electrons. The van der Waals surface area contributed by atoms with E-state index >= 15 is 0 Å². The fraction of sp³-hybridized carbons (Fsp3) is 0.320. The number of ether oxygens (including phenoxy) is 3. The molecule has 3 saturated heterocycles. The Bertz CT molecular complexity index is 2450. The van der Waals surface area contributed by atoms with E-state index in [1.807, 2.05) is 61.6 Å². The van der Waals surface area contributed by atoms with Crippen LogP contribution in [0.2, 0.25) is 0 Å². The summed E-state index contributed by atoms with van der Waals surface area (Å²) in [6.07, 6.45) is 0.884. The number of pyridine rings is 1. The number of alkyl carbamates (subject to hydrolysis) is 1. The number of likely N-dealkylation sites (N-methyl/N-ethyl adjacent to an activating group) is 1.